The second-order valence-electron chi connectivity index (χ2n) is 6.87. The van der Waals surface area contributed by atoms with E-state index >= 15 is 0 Å². The maximum atomic E-state index is 13.8. The SMILES string of the molecule is CCOc1cc(/C=C2\N=C(c3cccc(F)c3)OC2=O)ccc1OCc1ccccc1F. The summed E-state index contributed by atoms with van der Waals surface area (Å²) in [6.07, 6.45) is 1.54. The Morgan fingerprint density at radius 1 is 0.969 bits per heavy atom. The molecule has 0 spiro atoms. The van der Waals surface area contributed by atoms with Crippen LogP contribution in [0.5, 0.6) is 11.5 Å². The van der Waals surface area contributed by atoms with Crippen molar-refractivity contribution in [1.29, 1.82) is 0 Å². The minimum atomic E-state index is -0.637. The molecule has 1 aliphatic rings. The zero-order valence-electron chi connectivity index (χ0n) is 17.2. The molecule has 5 nitrogen and oxygen atoms in total. The van der Waals surface area contributed by atoms with Crippen molar-refractivity contribution in [1.82, 2.24) is 0 Å². The van der Waals surface area contributed by atoms with E-state index in [-0.39, 0.29) is 24.0 Å². The molecular formula is C25H19F2NO4. The number of rotatable bonds is 7. The number of hydrogen-bond donors (Lipinski definition) is 0. The van der Waals surface area contributed by atoms with Gasteiger partial charge in [0.25, 0.3) is 0 Å². The molecule has 0 atom stereocenters. The van der Waals surface area contributed by atoms with Crippen LogP contribution in [0.2, 0.25) is 0 Å². The lowest BCUT2D eigenvalue weighted by atomic mass is 10.1. The van der Waals surface area contributed by atoms with Crippen molar-refractivity contribution in [3.63, 3.8) is 0 Å². The van der Waals surface area contributed by atoms with Crippen LogP contribution in [-0.2, 0) is 16.1 Å². The second kappa shape index (κ2) is 9.43. The first-order valence-electron chi connectivity index (χ1n) is 9.95. The Balaban J connectivity index is 1.57. The molecule has 162 valence electrons. The number of cyclic esters (lactones) is 1. The van der Waals surface area contributed by atoms with Gasteiger partial charge < -0.3 is 14.2 Å². The summed E-state index contributed by atoms with van der Waals surface area (Å²) in [7, 11) is 0. The van der Waals surface area contributed by atoms with Crippen molar-refractivity contribution < 1.29 is 27.8 Å². The van der Waals surface area contributed by atoms with Gasteiger partial charge in [0.1, 0.15) is 18.2 Å². The van der Waals surface area contributed by atoms with Crippen molar-refractivity contribution in [3.05, 3.63) is 101 Å². The molecular weight excluding hydrogens is 416 g/mol. The quantitative estimate of drug-likeness (QED) is 0.374. The lowest BCUT2D eigenvalue weighted by molar-refractivity contribution is -0.129. The maximum absolute atomic E-state index is 13.8. The Labute approximate surface area is 183 Å². The first-order valence-corrected chi connectivity index (χ1v) is 9.95. The topological polar surface area (TPSA) is 57.1 Å². The molecule has 0 N–H and O–H groups in total. The average molecular weight is 435 g/mol. The van der Waals surface area contributed by atoms with Crippen LogP contribution in [-0.4, -0.2) is 18.5 Å². The molecule has 1 aliphatic heterocycles. The van der Waals surface area contributed by atoms with Crippen molar-refractivity contribution in [3.8, 4) is 11.5 Å². The van der Waals surface area contributed by atoms with Crippen molar-refractivity contribution >= 4 is 17.9 Å². The van der Waals surface area contributed by atoms with Gasteiger partial charge in [-0.15, -0.1) is 0 Å². The summed E-state index contributed by atoms with van der Waals surface area (Å²) in [6.45, 7) is 2.26. The molecule has 1 heterocycles. The predicted octanol–water partition coefficient (Wildman–Crippen LogP) is 5.29. The number of nitrogens with zero attached hydrogens (tertiary/aromatic N) is 1. The standard InChI is InChI=1S/C25H19F2NO4/c1-2-30-23-13-16(10-11-22(23)31-15-18-6-3-4-9-20(18)27)12-21-25(29)32-24(28-21)17-7-5-8-19(26)14-17/h3-14H,2,15H2,1H3/b21-12-. The van der Waals surface area contributed by atoms with E-state index in [2.05, 4.69) is 4.99 Å². The fourth-order valence-corrected chi connectivity index (χ4v) is 3.08. The van der Waals surface area contributed by atoms with Crippen LogP contribution in [0.1, 0.15) is 23.6 Å². The molecule has 0 aromatic heterocycles. The molecule has 0 radical (unpaired) electrons. The first kappa shape index (κ1) is 21.2. The van der Waals surface area contributed by atoms with Crippen molar-refractivity contribution in [2.45, 2.75) is 13.5 Å². The van der Waals surface area contributed by atoms with E-state index in [0.29, 0.717) is 34.8 Å². The van der Waals surface area contributed by atoms with Gasteiger partial charge in [-0.05, 0) is 55.0 Å². The van der Waals surface area contributed by atoms with E-state index in [1.165, 1.54) is 30.3 Å². The Morgan fingerprint density at radius 2 is 1.81 bits per heavy atom. The van der Waals surface area contributed by atoms with Crippen LogP contribution < -0.4 is 9.47 Å². The summed E-state index contributed by atoms with van der Waals surface area (Å²) in [6, 6.07) is 17.1. The number of carbonyl (C=O) groups excluding carboxylic acids is 1. The summed E-state index contributed by atoms with van der Waals surface area (Å²) in [5.41, 5.74) is 1.50. The molecule has 0 amide bonds. The summed E-state index contributed by atoms with van der Waals surface area (Å²) in [4.78, 5) is 16.4. The number of aliphatic imine (C=N–C) groups is 1. The third-order valence-electron chi connectivity index (χ3n) is 4.60. The van der Waals surface area contributed by atoms with E-state index in [1.807, 2.05) is 6.92 Å². The monoisotopic (exact) mass is 435 g/mol. The Bertz CT molecular complexity index is 1220. The van der Waals surface area contributed by atoms with Crippen molar-refractivity contribution in [2.24, 2.45) is 4.99 Å². The number of hydrogen-bond acceptors (Lipinski definition) is 5. The minimum absolute atomic E-state index is 0.0376. The molecule has 0 saturated carbocycles. The molecule has 32 heavy (non-hydrogen) atoms. The van der Waals surface area contributed by atoms with E-state index < -0.39 is 11.8 Å². The van der Waals surface area contributed by atoms with Crippen LogP contribution in [0.4, 0.5) is 8.78 Å². The third kappa shape index (κ3) is 4.83. The molecule has 7 heteroatoms. The highest BCUT2D eigenvalue weighted by molar-refractivity contribution is 6.12. The smallest absolute Gasteiger partial charge is 0.363 e. The van der Waals surface area contributed by atoms with Gasteiger partial charge in [-0.1, -0.05) is 30.3 Å². The van der Waals surface area contributed by atoms with Gasteiger partial charge >= 0.3 is 5.97 Å². The Hall–Kier alpha value is -4.00. The molecule has 3 aromatic rings. The fourth-order valence-electron chi connectivity index (χ4n) is 3.08. The zero-order valence-corrected chi connectivity index (χ0v) is 17.2. The normalized spacial score (nSPS) is 14.3. The van der Waals surface area contributed by atoms with Gasteiger partial charge in [0, 0.05) is 11.1 Å². The van der Waals surface area contributed by atoms with Gasteiger partial charge in [0.15, 0.2) is 17.2 Å². The van der Waals surface area contributed by atoms with Gasteiger partial charge in [0.2, 0.25) is 5.90 Å². The lowest BCUT2D eigenvalue weighted by Crippen LogP contribution is -2.05. The zero-order chi connectivity index (χ0) is 22.5. The molecule has 0 saturated heterocycles. The Kier molecular flexibility index (Phi) is 6.26. The summed E-state index contributed by atoms with van der Waals surface area (Å²) in [5.74, 6) is -0.517. The van der Waals surface area contributed by atoms with Crippen LogP contribution in [0.3, 0.4) is 0 Å². The second-order valence-corrected chi connectivity index (χ2v) is 6.87. The Morgan fingerprint density at radius 3 is 2.59 bits per heavy atom. The largest absolute Gasteiger partial charge is 0.490 e. The molecule has 4 rings (SSSR count). The van der Waals surface area contributed by atoms with Gasteiger partial charge in [-0.25, -0.2) is 18.6 Å². The van der Waals surface area contributed by atoms with E-state index in [0.717, 1.165) is 0 Å². The highest BCUT2D eigenvalue weighted by Crippen LogP contribution is 2.31. The highest BCUT2D eigenvalue weighted by atomic mass is 19.1. The lowest BCUT2D eigenvalue weighted by Gasteiger charge is -2.13. The number of halogens is 2. The summed E-state index contributed by atoms with van der Waals surface area (Å²) in [5, 5.41) is 0. The third-order valence-corrected chi connectivity index (χ3v) is 4.60. The first-order chi connectivity index (χ1) is 15.5. The van der Waals surface area contributed by atoms with E-state index in [4.69, 9.17) is 14.2 Å². The van der Waals surface area contributed by atoms with Crippen LogP contribution in [0, 0.1) is 11.6 Å². The minimum Gasteiger partial charge on any atom is -0.490 e. The molecule has 0 aliphatic carbocycles. The predicted molar refractivity (Wildman–Crippen MR) is 115 cm³/mol. The fraction of sp³-hybridized carbons (Fsp3) is 0.120. The number of carbonyl (C=O) groups is 1. The van der Waals surface area contributed by atoms with E-state index in [1.54, 1.807) is 42.5 Å². The number of benzene rings is 3. The average Bonchev–Trinajstić information content (AvgIpc) is 3.15. The molecule has 0 unspecified atom stereocenters. The van der Waals surface area contributed by atoms with Crippen LogP contribution >= 0.6 is 0 Å². The number of ether oxygens (including phenoxy) is 3. The van der Waals surface area contributed by atoms with Crippen molar-refractivity contribution in [2.75, 3.05) is 6.61 Å². The van der Waals surface area contributed by atoms with E-state index in [9.17, 15) is 13.6 Å². The highest BCUT2D eigenvalue weighted by Gasteiger charge is 2.24. The number of esters is 1. The maximum Gasteiger partial charge on any atom is 0.363 e. The van der Waals surface area contributed by atoms with Gasteiger partial charge in [-0.3, -0.25) is 0 Å². The summed E-state index contributed by atoms with van der Waals surface area (Å²) < 4.78 is 43.9. The molecule has 3 aromatic carbocycles. The van der Waals surface area contributed by atoms with Crippen LogP contribution in [0.25, 0.3) is 6.08 Å². The summed E-state index contributed by atoms with van der Waals surface area (Å²) >= 11 is 0. The van der Waals surface area contributed by atoms with Crippen LogP contribution in [0.15, 0.2) is 77.4 Å². The molecule has 0 fully saturated rings. The van der Waals surface area contributed by atoms with Gasteiger partial charge in [-0.2, -0.15) is 0 Å². The van der Waals surface area contributed by atoms with Gasteiger partial charge in [0.05, 0.1) is 6.61 Å². The molecule has 0 bridgehead atoms.